The summed E-state index contributed by atoms with van der Waals surface area (Å²) in [4.78, 5) is 12.3. The minimum absolute atomic E-state index is 0.0870. The summed E-state index contributed by atoms with van der Waals surface area (Å²) >= 11 is 6.20. The molecule has 0 spiro atoms. The molecule has 1 amide bonds. The summed E-state index contributed by atoms with van der Waals surface area (Å²) < 4.78 is 11.0. The molecule has 0 aromatic heterocycles. The van der Waals surface area contributed by atoms with E-state index in [1.807, 2.05) is 12.1 Å². The molecule has 2 aliphatic rings. The van der Waals surface area contributed by atoms with Crippen LogP contribution in [0.25, 0.3) is 0 Å². The monoisotopic (exact) mass is 324 g/mol. The third-order valence-corrected chi connectivity index (χ3v) is 4.40. The molecular weight excluding hydrogens is 304 g/mol. The van der Waals surface area contributed by atoms with E-state index in [0.717, 1.165) is 24.9 Å². The van der Waals surface area contributed by atoms with Gasteiger partial charge in [0, 0.05) is 18.5 Å². The van der Waals surface area contributed by atoms with Crippen molar-refractivity contribution in [1.29, 1.82) is 0 Å². The van der Waals surface area contributed by atoms with E-state index in [2.05, 4.69) is 17.6 Å². The van der Waals surface area contributed by atoms with Crippen LogP contribution in [-0.2, 0) is 11.3 Å². The van der Waals surface area contributed by atoms with Crippen molar-refractivity contribution in [3.63, 3.8) is 0 Å². The highest BCUT2D eigenvalue weighted by Gasteiger charge is 2.24. The highest BCUT2D eigenvalue weighted by Crippen LogP contribution is 2.38. The van der Waals surface area contributed by atoms with Gasteiger partial charge in [-0.3, -0.25) is 4.79 Å². The molecule has 2 heterocycles. The lowest BCUT2D eigenvalue weighted by Gasteiger charge is -2.27. The number of hydrogen-bond acceptors (Lipinski definition) is 4. The minimum atomic E-state index is 0.0870. The van der Waals surface area contributed by atoms with E-state index in [1.54, 1.807) is 0 Å². The largest absolute Gasteiger partial charge is 0.486 e. The maximum atomic E-state index is 12.3. The van der Waals surface area contributed by atoms with Gasteiger partial charge < -0.3 is 20.1 Å². The first kappa shape index (κ1) is 15.4. The number of piperidine rings is 1. The zero-order chi connectivity index (χ0) is 15.5. The Balaban J connectivity index is 1.61. The summed E-state index contributed by atoms with van der Waals surface area (Å²) in [5.74, 6) is 1.44. The van der Waals surface area contributed by atoms with E-state index in [0.29, 0.717) is 42.3 Å². The van der Waals surface area contributed by atoms with Crippen LogP contribution in [0.15, 0.2) is 12.1 Å². The van der Waals surface area contributed by atoms with Gasteiger partial charge in [-0.15, -0.1) is 0 Å². The molecule has 3 rings (SSSR count). The van der Waals surface area contributed by atoms with Crippen LogP contribution in [0.2, 0.25) is 5.02 Å². The number of rotatable bonds is 3. The molecular formula is C16H21ClN2O3. The van der Waals surface area contributed by atoms with Gasteiger partial charge in [0.25, 0.3) is 0 Å². The van der Waals surface area contributed by atoms with Crippen LogP contribution >= 0.6 is 11.6 Å². The Kier molecular flexibility index (Phi) is 4.74. The predicted octanol–water partition coefficient (Wildman–Crippen LogP) is 2.12. The zero-order valence-corrected chi connectivity index (χ0v) is 13.4. The van der Waals surface area contributed by atoms with Gasteiger partial charge in [-0.05, 0) is 44.0 Å². The molecule has 1 aromatic carbocycles. The normalized spacial score (nSPS) is 23.9. The lowest BCUT2D eigenvalue weighted by Crippen LogP contribution is -2.42. The first-order chi connectivity index (χ1) is 10.6. The van der Waals surface area contributed by atoms with Crippen LogP contribution in [0.1, 0.15) is 25.3 Å². The average Bonchev–Trinajstić information content (AvgIpc) is 2.53. The smallest absolute Gasteiger partial charge is 0.223 e. The number of carbonyl (C=O) groups is 1. The van der Waals surface area contributed by atoms with E-state index in [4.69, 9.17) is 21.1 Å². The quantitative estimate of drug-likeness (QED) is 0.894. The number of fused-ring (bicyclic) bond motifs is 1. The molecule has 6 heteroatoms. The number of amides is 1. The highest BCUT2D eigenvalue weighted by molar-refractivity contribution is 6.32. The minimum Gasteiger partial charge on any atom is -0.486 e. The van der Waals surface area contributed by atoms with Crippen LogP contribution in [0, 0.1) is 5.92 Å². The second-order valence-electron chi connectivity index (χ2n) is 5.90. The fraction of sp³-hybridized carbons (Fsp3) is 0.562. The lowest BCUT2D eigenvalue weighted by atomic mass is 9.92. The number of nitrogens with one attached hydrogen (secondary N) is 2. The van der Waals surface area contributed by atoms with E-state index in [-0.39, 0.29) is 11.8 Å². The molecule has 22 heavy (non-hydrogen) atoms. The highest BCUT2D eigenvalue weighted by atomic mass is 35.5. The van der Waals surface area contributed by atoms with Crippen LogP contribution in [0.5, 0.6) is 11.5 Å². The Hall–Kier alpha value is -1.46. The van der Waals surface area contributed by atoms with E-state index in [1.165, 1.54) is 0 Å². The Morgan fingerprint density at radius 1 is 1.41 bits per heavy atom. The van der Waals surface area contributed by atoms with Crippen LogP contribution in [-0.4, -0.2) is 31.7 Å². The Morgan fingerprint density at radius 2 is 2.23 bits per heavy atom. The first-order valence-electron chi connectivity index (χ1n) is 7.72. The Morgan fingerprint density at radius 3 is 3.05 bits per heavy atom. The molecule has 5 nitrogen and oxygen atoms in total. The Labute approximate surface area is 135 Å². The molecule has 1 saturated heterocycles. The van der Waals surface area contributed by atoms with Crippen molar-refractivity contribution in [3.8, 4) is 11.5 Å². The van der Waals surface area contributed by atoms with Crippen molar-refractivity contribution in [3.05, 3.63) is 22.7 Å². The van der Waals surface area contributed by atoms with E-state index >= 15 is 0 Å². The Bertz CT molecular complexity index is 565. The maximum Gasteiger partial charge on any atom is 0.223 e. The molecule has 2 atom stereocenters. The van der Waals surface area contributed by atoms with E-state index in [9.17, 15) is 4.79 Å². The summed E-state index contributed by atoms with van der Waals surface area (Å²) in [6, 6.07) is 4.10. The fourth-order valence-corrected chi connectivity index (χ4v) is 3.26. The summed E-state index contributed by atoms with van der Waals surface area (Å²) in [7, 11) is 0. The second-order valence-corrected chi connectivity index (χ2v) is 6.30. The predicted molar refractivity (Wildman–Crippen MR) is 84.5 cm³/mol. The van der Waals surface area contributed by atoms with Crippen LogP contribution < -0.4 is 20.1 Å². The van der Waals surface area contributed by atoms with Crippen molar-refractivity contribution in [2.75, 3.05) is 19.8 Å². The molecule has 2 N–H and O–H groups in total. The molecule has 0 aliphatic carbocycles. The third-order valence-electron chi connectivity index (χ3n) is 4.12. The summed E-state index contributed by atoms with van der Waals surface area (Å²) in [5.41, 5.74) is 0.921. The van der Waals surface area contributed by atoms with Gasteiger partial charge in [0.1, 0.15) is 13.2 Å². The molecule has 120 valence electrons. The molecule has 1 aromatic rings. The molecule has 0 radical (unpaired) electrons. The van der Waals surface area contributed by atoms with Gasteiger partial charge in [0.05, 0.1) is 5.02 Å². The molecule has 0 bridgehead atoms. The molecule has 0 unspecified atom stereocenters. The van der Waals surface area contributed by atoms with Gasteiger partial charge in [0.2, 0.25) is 5.91 Å². The number of hydrogen-bond donors (Lipinski definition) is 2. The van der Waals surface area contributed by atoms with Crippen molar-refractivity contribution < 1.29 is 14.3 Å². The van der Waals surface area contributed by atoms with Crippen molar-refractivity contribution in [2.45, 2.75) is 32.4 Å². The van der Waals surface area contributed by atoms with Gasteiger partial charge in [-0.2, -0.15) is 0 Å². The average molecular weight is 325 g/mol. The standard InChI is InChI=1S/C16H21ClN2O3/c1-10-6-12(2-3-18-10)16(20)19-9-11-7-13(17)15-14(8-11)21-4-5-22-15/h7-8,10,12,18H,2-6,9H2,1H3,(H,19,20)/t10-,12-/m0/s1. The molecule has 0 saturated carbocycles. The van der Waals surface area contributed by atoms with Gasteiger partial charge in [-0.25, -0.2) is 0 Å². The first-order valence-corrected chi connectivity index (χ1v) is 8.10. The van der Waals surface area contributed by atoms with Crippen LogP contribution in [0.4, 0.5) is 0 Å². The molecule has 1 fully saturated rings. The van der Waals surface area contributed by atoms with Gasteiger partial charge in [-0.1, -0.05) is 11.6 Å². The molecule has 2 aliphatic heterocycles. The van der Waals surface area contributed by atoms with E-state index < -0.39 is 0 Å². The van der Waals surface area contributed by atoms with Crippen LogP contribution in [0.3, 0.4) is 0 Å². The summed E-state index contributed by atoms with van der Waals surface area (Å²) in [5, 5.41) is 6.88. The maximum absolute atomic E-state index is 12.3. The van der Waals surface area contributed by atoms with Crippen molar-refractivity contribution in [2.24, 2.45) is 5.92 Å². The lowest BCUT2D eigenvalue weighted by molar-refractivity contribution is -0.126. The topological polar surface area (TPSA) is 59.6 Å². The number of halogens is 1. The summed E-state index contributed by atoms with van der Waals surface area (Å²) in [6.45, 7) is 4.49. The second kappa shape index (κ2) is 6.75. The number of benzene rings is 1. The number of carbonyl (C=O) groups excluding carboxylic acids is 1. The van der Waals surface area contributed by atoms with Gasteiger partial charge >= 0.3 is 0 Å². The van der Waals surface area contributed by atoms with Crippen molar-refractivity contribution in [1.82, 2.24) is 10.6 Å². The van der Waals surface area contributed by atoms with Crippen molar-refractivity contribution >= 4 is 17.5 Å². The SMILES string of the molecule is C[C@H]1C[C@@H](C(=O)NCc2cc(Cl)c3c(c2)OCCO3)CCN1. The summed E-state index contributed by atoms with van der Waals surface area (Å²) in [6.07, 6.45) is 1.77. The fourth-order valence-electron chi connectivity index (χ4n) is 2.97. The zero-order valence-electron chi connectivity index (χ0n) is 12.7. The third kappa shape index (κ3) is 3.47. The number of ether oxygens (including phenoxy) is 2. The van der Waals surface area contributed by atoms with Gasteiger partial charge in [0.15, 0.2) is 11.5 Å².